The van der Waals surface area contributed by atoms with E-state index in [-0.39, 0.29) is 23.9 Å². The number of carbonyl (C=O) groups excluding carboxylic acids is 1. The van der Waals surface area contributed by atoms with Crippen molar-refractivity contribution in [2.75, 3.05) is 11.9 Å². The number of hydrogen-bond acceptors (Lipinski definition) is 9. The van der Waals surface area contributed by atoms with Crippen LogP contribution in [0.1, 0.15) is 36.3 Å². The van der Waals surface area contributed by atoms with Gasteiger partial charge in [0.25, 0.3) is 11.8 Å². The highest BCUT2D eigenvalue weighted by molar-refractivity contribution is 7.13. The van der Waals surface area contributed by atoms with E-state index in [1.807, 2.05) is 11.6 Å². The molecule has 4 aromatic rings. The Labute approximate surface area is 174 Å². The van der Waals surface area contributed by atoms with Crippen LogP contribution in [-0.4, -0.2) is 53.8 Å². The molecule has 2 N–H and O–H groups in total. The Morgan fingerprint density at radius 1 is 1.47 bits per heavy atom. The molecule has 1 aliphatic carbocycles. The normalized spacial score (nSPS) is 18.3. The molecule has 30 heavy (non-hydrogen) atoms. The van der Waals surface area contributed by atoms with Crippen LogP contribution in [0.3, 0.4) is 0 Å². The van der Waals surface area contributed by atoms with Gasteiger partial charge in [-0.25, -0.2) is 4.98 Å². The summed E-state index contributed by atoms with van der Waals surface area (Å²) in [5, 5.41) is 24.2. The van der Waals surface area contributed by atoms with E-state index in [1.165, 1.54) is 17.7 Å². The highest BCUT2D eigenvalue weighted by Gasteiger charge is 2.33. The molecule has 0 aromatic carbocycles. The van der Waals surface area contributed by atoms with Crippen molar-refractivity contribution in [2.45, 2.75) is 31.9 Å². The molecular formula is C18H18N8O3S. The van der Waals surface area contributed by atoms with Crippen molar-refractivity contribution in [2.24, 2.45) is 0 Å². The lowest BCUT2D eigenvalue weighted by atomic mass is 9.89. The molecule has 11 nitrogen and oxygen atoms in total. The first-order valence-electron chi connectivity index (χ1n) is 9.44. The average Bonchev–Trinajstić information content (AvgIpc) is 3.50. The fraction of sp³-hybridized carbons (Fsp3) is 0.333. The average molecular weight is 426 g/mol. The molecule has 1 aliphatic rings. The zero-order valence-electron chi connectivity index (χ0n) is 16.0. The second kappa shape index (κ2) is 7.80. The van der Waals surface area contributed by atoms with Gasteiger partial charge in [-0.1, -0.05) is 0 Å². The van der Waals surface area contributed by atoms with Gasteiger partial charge in [-0.2, -0.15) is 10.2 Å². The van der Waals surface area contributed by atoms with Gasteiger partial charge in [-0.15, -0.1) is 21.5 Å². The number of thiazole rings is 1. The number of H-pyrrole nitrogens is 1. The van der Waals surface area contributed by atoms with Crippen molar-refractivity contribution < 1.29 is 13.9 Å². The van der Waals surface area contributed by atoms with Crippen LogP contribution in [0.2, 0.25) is 0 Å². The Bertz CT molecular complexity index is 1130. The summed E-state index contributed by atoms with van der Waals surface area (Å²) in [6, 6.07) is 0.195. The number of nitrogens with zero attached hydrogens (tertiary/aromatic N) is 6. The molecule has 0 atom stereocenters. The maximum Gasteiger partial charge on any atom is 0.275 e. The third-order valence-electron chi connectivity index (χ3n) is 4.87. The molecule has 0 spiro atoms. The Kier molecular flexibility index (Phi) is 4.85. The van der Waals surface area contributed by atoms with Gasteiger partial charge in [0, 0.05) is 29.9 Å². The number of nitrogens with one attached hydrogen (secondary N) is 2. The minimum absolute atomic E-state index is 0.195. The summed E-state index contributed by atoms with van der Waals surface area (Å²) in [7, 11) is 0. The number of ether oxygens (including phenoxy) is 1. The number of aromatic nitrogens is 7. The fourth-order valence-corrected chi connectivity index (χ4v) is 4.08. The van der Waals surface area contributed by atoms with Crippen LogP contribution in [-0.2, 0) is 4.74 Å². The first kappa shape index (κ1) is 18.6. The predicted octanol–water partition coefficient (Wildman–Crippen LogP) is 2.77. The van der Waals surface area contributed by atoms with Crippen LogP contribution in [0.5, 0.6) is 0 Å². The van der Waals surface area contributed by atoms with Gasteiger partial charge in [-0.05, 0) is 19.8 Å². The van der Waals surface area contributed by atoms with E-state index in [0.717, 1.165) is 18.4 Å². The van der Waals surface area contributed by atoms with E-state index in [2.05, 4.69) is 35.8 Å². The number of hydrogen-bond donors (Lipinski definition) is 2. The quantitative estimate of drug-likeness (QED) is 0.460. The van der Waals surface area contributed by atoms with E-state index in [0.29, 0.717) is 28.7 Å². The summed E-state index contributed by atoms with van der Waals surface area (Å²) in [6.45, 7) is 2.68. The molecule has 154 valence electrons. The Morgan fingerprint density at radius 2 is 2.37 bits per heavy atom. The topological polar surface area (TPSA) is 137 Å². The molecule has 0 radical (unpaired) electrons. The van der Waals surface area contributed by atoms with Gasteiger partial charge in [0.05, 0.1) is 24.0 Å². The highest BCUT2D eigenvalue weighted by atomic mass is 32.1. The third kappa shape index (κ3) is 3.50. The lowest BCUT2D eigenvalue weighted by molar-refractivity contribution is -0.0226. The number of carbonyl (C=O) groups is 1. The first-order chi connectivity index (χ1) is 14.7. The minimum atomic E-state index is -0.345. The molecule has 0 saturated heterocycles. The Hall–Kier alpha value is -3.38. The molecule has 0 bridgehead atoms. The van der Waals surface area contributed by atoms with Crippen molar-refractivity contribution in [1.29, 1.82) is 0 Å². The number of anilines is 1. The summed E-state index contributed by atoms with van der Waals surface area (Å²) in [6.07, 6.45) is 8.38. The van der Waals surface area contributed by atoms with Crippen LogP contribution in [0.25, 0.3) is 22.2 Å². The molecule has 0 unspecified atom stereocenters. The van der Waals surface area contributed by atoms with Crippen LogP contribution in [0.4, 0.5) is 5.69 Å². The number of amides is 1. The van der Waals surface area contributed by atoms with Crippen LogP contribution < -0.4 is 5.32 Å². The van der Waals surface area contributed by atoms with E-state index in [9.17, 15) is 4.79 Å². The first-order valence-corrected chi connectivity index (χ1v) is 10.3. The smallest absolute Gasteiger partial charge is 0.275 e. The zero-order chi connectivity index (χ0) is 20.5. The van der Waals surface area contributed by atoms with E-state index in [4.69, 9.17) is 9.15 Å². The summed E-state index contributed by atoms with van der Waals surface area (Å²) in [5.41, 5.74) is 2.04. The fourth-order valence-electron chi connectivity index (χ4n) is 3.29. The maximum atomic E-state index is 12.8. The van der Waals surface area contributed by atoms with E-state index < -0.39 is 0 Å². The van der Waals surface area contributed by atoms with Crippen molar-refractivity contribution >= 4 is 22.9 Å². The standard InChI is InChI=1S/C18H18N8O3S/c1-2-28-12-3-11(4-12)26-7-13(15(25-26)17-24-21-9-29-17)22-16(27)14-8-30-18(23-14)10-5-19-20-6-10/h5-9,11-12H,2-4H2,1H3,(H,19,20)(H,22,27)/t11-,12-. The van der Waals surface area contributed by atoms with Crippen molar-refractivity contribution in [3.05, 3.63) is 36.1 Å². The Balaban J connectivity index is 1.37. The molecule has 12 heteroatoms. The van der Waals surface area contributed by atoms with E-state index in [1.54, 1.807) is 24.0 Å². The molecule has 1 fully saturated rings. The van der Waals surface area contributed by atoms with Crippen molar-refractivity contribution in [1.82, 2.24) is 35.2 Å². The largest absolute Gasteiger partial charge is 0.422 e. The monoisotopic (exact) mass is 426 g/mol. The van der Waals surface area contributed by atoms with Crippen LogP contribution >= 0.6 is 11.3 Å². The molecule has 1 amide bonds. The molecule has 5 rings (SSSR count). The summed E-state index contributed by atoms with van der Waals surface area (Å²) < 4.78 is 12.8. The van der Waals surface area contributed by atoms with Crippen LogP contribution in [0.15, 0.2) is 34.8 Å². The molecule has 4 aromatic heterocycles. The molecule has 4 heterocycles. The maximum absolute atomic E-state index is 12.8. The molecule has 0 aliphatic heterocycles. The summed E-state index contributed by atoms with van der Waals surface area (Å²) in [5.74, 6) is -0.107. The van der Waals surface area contributed by atoms with Gasteiger partial charge in [-0.3, -0.25) is 14.6 Å². The van der Waals surface area contributed by atoms with Crippen molar-refractivity contribution in [3.8, 4) is 22.2 Å². The summed E-state index contributed by atoms with van der Waals surface area (Å²) >= 11 is 1.37. The van der Waals surface area contributed by atoms with Crippen molar-refractivity contribution in [3.63, 3.8) is 0 Å². The van der Waals surface area contributed by atoms with Gasteiger partial charge in [0.15, 0.2) is 5.69 Å². The second-order valence-electron chi connectivity index (χ2n) is 6.80. The second-order valence-corrected chi connectivity index (χ2v) is 7.65. The lowest BCUT2D eigenvalue weighted by Gasteiger charge is -2.34. The molecular weight excluding hydrogens is 408 g/mol. The van der Waals surface area contributed by atoms with Gasteiger partial charge < -0.3 is 14.5 Å². The lowest BCUT2D eigenvalue weighted by Crippen LogP contribution is -2.33. The zero-order valence-corrected chi connectivity index (χ0v) is 16.8. The Morgan fingerprint density at radius 3 is 3.10 bits per heavy atom. The molecule has 1 saturated carbocycles. The third-order valence-corrected chi connectivity index (χ3v) is 5.76. The minimum Gasteiger partial charge on any atom is -0.422 e. The van der Waals surface area contributed by atoms with Crippen LogP contribution in [0, 0.1) is 0 Å². The van der Waals surface area contributed by atoms with Gasteiger partial charge in [0.1, 0.15) is 10.7 Å². The SMILES string of the molecule is CCO[C@H]1C[C@H](n2cc(NC(=O)c3csc(-c4cn[nH]c4)n3)c(-c3nnco3)n2)C1. The highest BCUT2D eigenvalue weighted by Crippen LogP contribution is 2.37. The number of rotatable bonds is 7. The predicted molar refractivity (Wildman–Crippen MR) is 107 cm³/mol. The van der Waals surface area contributed by atoms with E-state index >= 15 is 0 Å². The number of aromatic amines is 1. The van der Waals surface area contributed by atoms with Gasteiger partial charge in [0.2, 0.25) is 6.39 Å². The summed E-state index contributed by atoms with van der Waals surface area (Å²) in [4.78, 5) is 17.2. The van der Waals surface area contributed by atoms with Gasteiger partial charge >= 0.3 is 0 Å².